The van der Waals surface area contributed by atoms with E-state index in [4.69, 9.17) is 0 Å². The number of hydrogen-bond acceptors (Lipinski definition) is 3. The van der Waals surface area contributed by atoms with Crippen LogP contribution >= 0.6 is 0 Å². The van der Waals surface area contributed by atoms with E-state index >= 15 is 0 Å². The summed E-state index contributed by atoms with van der Waals surface area (Å²) in [6, 6.07) is 2.37. The standard InChI is InChI=1S/C12H19N5O/c1-4-11(5-2)16-7-6-10(14-16)8-17-12(18)15(3)9-13-17/h6-7,9,11H,4-5,8H2,1-3H3. The van der Waals surface area contributed by atoms with E-state index in [-0.39, 0.29) is 5.69 Å². The smallest absolute Gasteiger partial charge is 0.285 e. The maximum absolute atomic E-state index is 11.7. The van der Waals surface area contributed by atoms with E-state index in [1.807, 2.05) is 16.9 Å². The molecule has 0 bridgehead atoms. The van der Waals surface area contributed by atoms with Gasteiger partial charge in [0.15, 0.2) is 0 Å². The van der Waals surface area contributed by atoms with Crippen molar-refractivity contribution in [1.82, 2.24) is 24.1 Å². The minimum absolute atomic E-state index is 0.118. The van der Waals surface area contributed by atoms with Crippen LogP contribution in [0.1, 0.15) is 38.4 Å². The molecule has 0 spiro atoms. The molecule has 0 aliphatic heterocycles. The molecule has 6 nitrogen and oxygen atoms in total. The van der Waals surface area contributed by atoms with Gasteiger partial charge in [-0.25, -0.2) is 9.48 Å². The topological polar surface area (TPSA) is 57.6 Å². The van der Waals surface area contributed by atoms with Crippen molar-refractivity contribution in [2.45, 2.75) is 39.3 Å². The Labute approximate surface area is 106 Å². The predicted octanol–water partition coefficient (Wildman–Crippen LogP) is 1.19. The van der Waals surface area contributed by atoms with Gasteiger partial charge in [0.05, 0.1) is 18.3 Å². The minimum atomic E-state index is -0.118. The first-order valence-corrected chi connectivity index (χ1v) is 6.28. The maximum Gasteiger partial charge on any atom is 0.345 e. The Morgan fingerprint density at radius 2 is 2.06 bits per heavy atom. The van der Waals surface area contributed by atoms with Crippen molar-refractivity contribution >= 4 is 0 Å². The van der Waals surface area contributed by atoms with Gasteiger partial charge in [-0.05, 0) is 18.9 Å². The second-order valence-electron chi connectivity index (χ2n) is 4.44. The van der Waals surface area contributed by atoms with E-state index < -0.39 is 0 Å². The molecule has 0 N–H and O–H groups in total. The molecule has 6 heteroatoms. The van der Waals surface area contributed by atoms with Crippen molar-refractivity contribution in [2.24, 2.45) is 7.05 Å². The summed E-state index contributed by atoms with van der Waals surface area (Å²) in [5.41, 5.74) is 0.745. The van der Waals surface area contributed by atoms with Gasteiger partial charge >= 0.3 is 5.69 Å². The van der Waals surface area contributed by atoms with Crippen molar-refractivity contribution in [3.63, 3.8) is 0 Å². The van der Waals surface area contributed by atoms with E-state index in [0.29, 0.717) is 12.6 Å². The number of hydrogen-bond donors (Lipinski definition) is 0. The first-order valence-electron chi connectivity index (χ1n) is 6.28. The Morgan fingerprint density at radius 1 is 1.33 bits per heavy atom. The lowest BCUT2D eigenvalue weighted by atomic mass is 10.2. The van der Waals surface area contributed by atoms with Gasteiger partial charge in [0.2, 0.25) is 0 Å². The highest BCUT2D eigenvalue weighted by Crippen LogP contribution is 2.14. The third-order valence-corrected chi connectivity index (χ3v) is 3.18. The molecule has 2 aromatic heterocycles. The van der Waals surface area contributed by atoms with Crippen molar-refractivity contribution in [3.05, 3.63) is 34.8 Å². The molecule has 0 aliphatic carbocycles. The highest BCUT2D eigenvalue weighted by molar-refractivity contribution is 5.00. The summed E-state index contributed by atoms with van der Waals surface area (Å²) < 4.78 is 4.85. The molecule has 2 heterocycles. The van der Waals surface area contributed by atoms with Gasteiger partial charge in [-0.2, -0.15) is 10.2 Å². The number of aryl methyl sites for hydroxylation is 1. The normalized spacial score (nSPS) is 11.3. The average molecular weight is 249 g/mol. The van der Waals surface area contributed by atoms with Crippen LogP contribution in [0.15, 0.2) is 23.4 Å². The third kappa shape index (κ3) is 2.37. The van der Waals surface area contributed by atoms with Gasteiger partial charge in [-0.15, -0.1) is 0 Å². The zero-order valence-corrected chi connectivity index (χ0v) is 11.1. The van der Waals surface area contributed by atoms with Crippen molar-refractivity contribution in [2.75, 3.05) is 0 Å². The maximum atomic E-state index is 11.7. The lowest BCUT2D eigenvalue weighted by Gasteiger charge is -2.12. The molecular weight excluding hydrogens is 230 g/mol. The molecule has 0 radical (unpaired) electrons. The number of nitrogens with zero attached hydrogens (tertiary/aromatic N) is 5. The van der Waals surface area contributed by atoms with Crippen LogP contribution in [0, 0.1) is 0 Å². The zero-order valence-electron chi connectivity index (χ0n) is 11.1. The van der Waals surface area contributed by atoms with Crippen molar-refractivity contribution in [1.29, 1.82) is 0 Å². The van der Waals surface area contributed by atoms with Gasteiger partial charge in [0.25, 0.3) is 0 Å². The van der Waals surface area contributed by atoms with E-state index in [0.717, 1.165) is 18.5 Å². The van der Waals surface area contributed by atoms with E-state index in [1.54, 1.807) is 7.05 Å². The molecule has 18 heavy (non-hydrogen) atoms. The van der Waals surface area contributed by atoms with Crippen LogP contribution in [0.2, 0.25) is 0 Å². The monoisotopic (exact) mass is 249 g/mol. The van der Waals surface area contributed by atoms with Crippen LogP contribution in [0.5, 0.6) is 0 Å². The van der Waals surface area contributed by atoms with Crippen molar-refractivity contribution < 1.29 is 0 Å². The van der Waals surface area contributed by atoms with E-state index in [9.17, 15) is 4.79 Å². The highest BCUT2D eigenvalue weighted by Gasteiger charge is 2.09. The van der Waals surface area contributed by atoms with E-state index in [2.05, 4.69) is 24.0 Å². The second kappa shape index (κ2) is 5.20. The fourth-order valence-electron chi connectivity index (χ4n) is 2.01. The number of rotatable bonds is 5. The number of aromatic nitrogens is 5. The van der Waals surface area contributed by atoms with Crippen LogP contribution in [0.4, 0.5) is 0 Å². The van der Waals surface area contributed by atoms with Crippen LogP contribution < -0.4 is 5.69 Å². The largest absolute Gasteiger partial charge is 0.345 e. The van der Waals surface area contributed by atoms with Crippen molar-refractivity contribution in [3.8, 4) is 0 Å². The predicted molar refractivity (Wildman–Crippen MR) is 68.4 cm³/mol. The first kappa shape index (κ1) is 12.6. The quantitative estimate of drug-likeness (QED) is 0.799. The molecule has 2 rings (SSSR count). The van der Waals surface area contributed by atoms with Crippen LogP contribution in [-0.4, -0.2) is 24.1 Å². The lowest BCUT2D eigenvalue weighted by Crippen LogP contribution is -2.23. The molecule has 0 amide bonds. The van der Waals surface area contributed by atoms with E-state index in [1.165, 1.54) is 15.6 Å². The Kier molecular flexibility index (Phi) is 3.64. The van der Waals surface area contributed by atoms with Gasteiger partial charge in [0, 0.05) is 13.2 Å². The fraction of sp³-hybridized carbons (Fsp3) is 0.583. The van der Waals surface area contributed by atoms with Crippen LogP contribution in [0.3, 0.4) is 0 Å². The Morgan fingerprint density at radius 3 is 2.61 bits per heavy atom. The molecular formula is C12H19N5O. The Bertz CT molecular complexity index is 561. The summed E-state index contributed by atoms with van der Waals surface area (Å²) in [4.78, 5) is 11.7. The van der Waals surface area contributed by atoms with Crippen LogP contribution in [0.25, 0.3) is 0 Å². The minimum Gasteiger partial charge on any atom is -0.285 e. The van der Waals surface area contributed by atoms with Gasteiger partial charge in [0.1, 0.15) is 6.33 Å². The van der Waals surface area contributed by atoms with Gasteiger partial charge in [-0.1, -0.05) is 13.8 Å². The summed E-state index contributed by atoms with van der Waals surface area (Å²) in [6.45, 7) is 4.73. The average Bonchev–Trinajstić information content (AvgIpc) is 2.94. The molecule has 0 saturated heterocycles. The summed E-state index contributed by atoms with van der Waals surface area (Å²) in [5.74, 6) is 0. The van der Waals surface area contributed by atoms with Gasteiger partial charge in [-0.3, -0.25) is 9.25 Å². The first-order chi connectivity index (χ1) is 8.65. The summed E-state index contributed by atoms with van der Waals surface area (Å²) in [5, 5.41) is 8.53. The summed E-state index contributed by atoms with van der Waals surface area (Å²) >= 11 is 0. The Hall–Kier alpha value is -1.85. The second-order valence-corrected chi connectivity index (χ2v) is 4.44. The molecule has 2 aromatic rings. The molecule has 0 saturated carbocycles. The summed E-state index contributed by atoms with van der Waals surface area (Å²) in [6.07, 6.45) is 5.60. The van der Waals surface area contributed by atoms with Crippen LogP contribution in [-0.2, 0) is 13.6 Å². The zero-order chi connectivity index (χ0) is 13.1. The molecule has 0 unspecified atom stereocenters. The van der Waals surface area contributed by atoms with Gasteiger partial charge < -0.3 is 0 Å². The Balaban J connectivity index is 2.16. The summed E-state index contributed by atoms with van der Waals surface area (Å²) in [7, 11) is 1.69. The molecule has 0 fully saturated rings. The SMILES string of the molecule is CCC(CC)n1ccc(Cn2ncn(C)c2=O)n1. The molecule has 98 valence electrons. The fourth-order valence-corrected chi connectivity index (χ4v) is 2.01. The third-order valence-electron chi connectivity index (χ3n) is 3.18. The molecule has 0 atom stereocenters. The molecule has 0 aromatic carbocycles. The lowest BCUT2D eigenvalue weighted by molar-refractivity contribution is 0.423. The highest BCUT2D eigenvalue weighted by atomic mass is 16.2. The molecule has 0 aliphatic rings.